The first-order chi connectivity index (χ1) is 18.1. The lowest BCUT2D eigenvalue weighted by molar-refractivity contribution is -0.113. The Hall–Kier alpha value is -3.34. The molecule has 1 amide bonds. The molecule has 5 aromatic rings. The summed E-state index contributed by atoms with van der Waals surface area (Å²) >= 11 is 4.09. The van der Waals surface area contributed by atoms with E-state index in [0.717, 1.165) is 51.3 Å². The van der Waals surface area contributed by atoms with E-state index in [2.05, 4.69) is 21.6 Å². The van der Waals surface area contributed by atoms with Crippen molar-refractivity contribution in [2.45, 2.75) is 31.3 Å². The minimum atomic E-state index is -0.254. The van der Waals surface area contributed by atoms with Crippen molar-refractivity contribution in [3.8, 4) is 16.3 Å². The minimum Gasteiger partial charge on any atom is -0.293 e. The lowest BCUT2D eigenvalue weighted by atomic mass is 9.89. The van der Waals surface area contributed by atoms with E-state index in [9.17, 15) is 9.59 Å². The summed E-state index contributed by atoms with van der Waals surface area (Å²) < 4.78 is 5.91. The van der Waals surface area contributed by atoms with Crippen LogP contribution < -0.4 is 10.9 Å². The predicted octanol–water partition coefficient (Wildman–Crippen LogP) is 5.82. The molecule has 0 radical (unpaired) electrons. The van der Waals surface area contributed by atoms with Crippen molar-refractivity contribution in [2.75, 3.05) is 11.1 Å². The molecule has 6 rings (SSSR count). The van der Waals surface area contributed by atoms with E-state index in [4.69, 9.17) is 4.98 Å². The molecule has 10 heteroatoms. The molecule has 0 bridgehead atoms. The number of carbonyl (C=O) groups is 1. The standard InChI is InChI=1S/C27H23N5O2S3/c1-16-12-13-19-20(14-16)36-24-22(19)25(34)32(18-10-6-3-7-11-18)27(30-24)35-15-21(33)28-26-29-23(37-31-26)17-8-4-2-5-9-17/h2-11,16H,12-15H2,1H3,(H,28,31,33). The van der Waals surface area contributed by atoms with Gasteiger partial charge in [-0.15, -0.1) is 11.3 Å². The van der Waals surface area contributed by atoms with Crippen molar-refractivity contribution in [3.63, 3.8) is 0 Å². The van der Waals surface area contributed by atoms with E-state index in [-0.39, 0.29) is 23.2 Å². The van der Waals surface area contributed by atoms with Gasteiger partial charge < -0.3 is 0 Å². The highest BCUT2D eigenvalue weighted by molar-refractivity contribution is 7.99. The highest BCUT2D eigenvalue weighted by Gasteiger charge is 2.25. The van der Waals surface area contributed by atoms with Crippen molar-refractivity contribution < 1.29 is 4.79 Å². The van der Waals surface area contributed by atoms with Crippen LogP contribution in [0.3, 0.4) is 0 Å². The van der Waals surface area contributed by atoms with Crippen LogP contribution in [-0.2, 0) is 17.6 Å². The summed E-state index contributed by atoms with van der Waals surface area (Å²) in [6.45, 7) is 2.25. The molecule has 1 unspecified atom stereocenters. The van der Waals surface area contributed by atoms with Crippen LogP contribution in [0.15, 0.2) is 70.6 Å². The maximum atomic E-state index is 13.8. The molecule has 0 saturated heterocycles. The van der Waals surface area contributed by atoms with E-state index in [1.165, 1.54) is 28.2 Å². The van der Waals surface area contributed by atoms with Gasteiger partial charge in [0, 0.05) is 10.4 Å². The van der Waals surface area contributed by atoms with E-state index in [1.54, 1.807) is 15.9 Å². The second-order valence-electron chi connectivity index (χ2n) is 9.03. The SMILES string of the molecule is CC1CCc2c(sc3nc(SCC(=O)Nc4nsc(-c5ccccc5)n4)n(-c4ccccc4)c(=O)c23)C1. The number of thiophene rings is 1. The number of rotatable bonds is 6. The fourth-order valence-corrected chi connectivity index (χ4v) is 7.40. The molecule has 3 heterocycles. The Morgan fingerprint density at radius 2 is 1.86 bits per heavy atom. The summed E-state index contributed by atoms with van der Waals surface area (Å²) in [5, 5.41) is 4.74. The molecule has 0 aliphatic heterocycles. The monoisotopic (exact) mass is 545 g/mol. The van der Waals surface area contributed by atoms with Gasteiger partial charge in [0.05, 0.1) is 16.8 Å². The molecule has 37 heavy (non-hydrogen) atoms. The summed E-state index contributed by atoms with van der Waals surface area (Å²) in [5.41, 5.74) is 2.77. The number of thioether (sulfide) groups is 1. The largest absolute Gasteiger partial charge is 0.293 e. The molecule has 1 aliphatic carbocycles. The van der Waals surface area contributed by atoms with Crippen LogP contribution in [0.2, 0.25) is 0 Å². The van der Waals surface area contributed by atoms with Crippen LogP contribution in [0.5, 0.6) is 0 Å². The van der Waals surface area contributed by atoms with Crippen LogP contribution in [0.1, 0.15) is 23.8 Å². The third-order valence-electron chi connectivity index (χ3n) is 6.34. The molecule has 3 aromatic heterocycles. The average molecular weight is 546 g/mol. The average Bonchev–Trinajstić information content (AvgIpc) is 3.52. The smallest absolute Gasteiger partial charge is 0.267 e. The first-order valence-corrected chi connectivity index (χ1v) is 14.6. The molecule has 1 atom stereocenters. The van der Waals surface area contributed by atoms with Crippen LogP contribution in [0, 0.1) is 5.92 Å². The third kappa shape index (κ3) is 4.84. The lowest BCUT2D eigenvalue weighted by Crippen LogP contribution is -2.23. The van der Waals surface area contributed by atoms with Crippen molar-refractivity contribution in [1.82, 2.24) is 18.9 Å². The fraction of sp³-hybridized carbons (Fsp3) is 0.222. The summed E-state index contributed by atoms with van der Waals surface area (Å²) in [6.07, 6.45) is 2.97. The highest BCUT2D eigenvalue weighted by Crippen LogP contribution is 2.37. The summed E-state index contributed by atoms with van der Waals surface area (Å²) in [6, 6.07) is 19.2. The van der Waals surface area contributed by atoms with Gasteiger partial charge in [0.1, 0.15) is 9.84 Å². The molecule has 186 valence electrons. The van der Waals surface area contributed by atoms with E-state index in [1.807, 2.05) is 60.7 Å². The Morgan fingerprint density at radius 3 is 2.65 bits per heavy atom. The zero-order valence-corrected chi connectivity index (χ0v) is 22.5. The number of aryl methyl sites for hydroxylation is 1. The Labute approximate surface area is 225 Å². The predicted molar refractivity (Wildman–Crippen MR) is 151 cm³/mol. The second kappa shape index (κ2) is 10.2. The topological polar surface area (TPSA) is 89.8 Å². The van der Waals surface area contributed by atoms with E-state index in [0.29, 0.717) is 11.1 Å². The van der Waals surface area contributed by atoms with Crippen molar-refractivity contribution in [2.24, 2.45) is 5.92 Å². The third-order valence-corrected chi connectivity index (χ3v) is 9.19. The van der Waals surface area contributed by atoms with E-state index < -0.39 is 0 Å². The van der Waals surface area contributed by atoms with Gasteiger partial charge in [-0.05, 0) is 54.4 Å². The molecule has 1 N–H and O–H groups in total. The van der Waals surface area contributed by atoms with Crippen LogP contribution in [0.25, 0.3) is 26.5 Å². The molecule has 2 aromatic carbocycles. The first kappa shape index (κ1) is 24.0. The Bertz CT molecular complexity index is 1640. The maximum absolute atomic E-state index is 13.8. The number of para-hydroxylation sites is 1. The van der Waals surface area contributed by atoms with Crippen molar-refractivity contribution in [3.05, 3.63) is 81.5 Å². The van der Waals surface area contributed by atoms with Gasteiger partial charge in [0.25, 0.3) is 5.56 Å². The zero-order valence-electron chi connectivity index (χ0n) is 20.0. The first-order valence-electron chi connectivity index (χ1n) is 12.0. The lowest BCUT2D eigenvalue weighted by Gasteiger charge is -2.17. The number of anilines is 1. The number of hydrogen-bond acceptors (Lipinski definition) is 8. The number of nitrogens with zero attached hydrogens (tertiary/aromatic N) is 4. The van der Waals surface area contributed by atoms with Gasteiger partial charge >= 0.3 is 0 Å². The number of benzene rings is 2. The van der Waals surface area contributed by atoms with Crippen LogP contribution in [0.4, 0.5) is 5.95 Å². The number of aromatic nitrogens is 4. The molecule has 0 fully saturated rings. The van der Waals surface area contributed by atoms with Gasteiger partial charge in [-0.2, -0.15) is 9.36 Å². The molecular formula is C27H23N5O2S3. The minimum absolute atomic E-state index is 0.0696. The van der Waals surface area contributed by atoms with E-state index >= 15 is 0 Å². The zero-order chi connectivity index (χ0) is 25.4. The normalized spacial score (nSPS) is 15.0. The Kier molecular flexibility index (Phi) is 6.62. The van der Waals surface area contributed by atoms with Gasteiger partial charge in [-0.1, -0.05) is 67.2 Å². The van der Waals surface area contributed by atoms with Crippen molar-refractivity contribution in [1.29, 1.82) is 0 Å². The Balaban J connectivity index is 1.28. The second-order valence-corrected chi connectivity index (χ2v) is 11.8. The van der Waals surface area contributed by atoms with Crippen molar-refractivity contribution >= 4 is 56.7 Å². The number of nitrogens with one attached hydrogen (secondary N) is 1. The quantitative estimate of drug-likeness (QED) is 0.214. The number of hydrogen-bond donors (Lipinski definition) is 1. The molecule has 0 spiro atoms. The number of carbonyl (C=O) groups excluding carboxylic acids is 1. The molecule has 0 saturated carbocycles. The highest BCUT2D eigenvalue weighted by atomic mass is 32.2. The fourth-order valence-electron chi connectivity index (χ4n) is 4.54. The summed E-state index contributed by atoms with van der Waals surface area (Å²) in [4.78, 5) is 38.0. The summed E-state index contributed by atoms with van der Waals surface area (Å²) in [7, 11) is 0. The maximum Gasteiger partial charge on any atom is 0.267 e. The molecule has 1 aliphatic rings. The number of amides is 1. The van der Waals surface area contributed by atoms with Gasteiger partial charge in [0.15, 0.2) is 5.16 Å². The van der Waals surface area contributed by atoms with Gasteiger partial charge in [0.2, 0.25) is 11.9 Å². The molecular weight excluding hydrogens is 523 g/mol. The molecule has 7 nitrogen and oxygen atoms in total. The summed E-state index contributed by atoms with van der Waals surface area (Å²) in [5.74, 6) is 0.706. The van der Waals surface area contributed by atoms with Gasteiger partial charge in [-0.25, -0.2) is 4.98 Å². The van der Waals surface area contributed by atoms with Crippen LogP contribution >= 0.6 is 34.6 Å². The number of fused-ring (bicyclic) bond motifs is 3. The Morgan fingerprint density at radius 1 is 1.11 bits per heavy atom. The van der Waals surface area contributed by atoms with Crippen LogP contribution in [-0.4, -0.2) is 30.6 Å². The van der Waals surface area contributed by atoms with Gasteiger partial charge in [-0.3, -0.25) is 19.5 Å².